The van der Waals surface area contributed by atoms with Crippen molar-refractivity contribution in [2.75, 3.05) is 0 Å². The summed E-state index contributed by atoms with van der Waals surface area (Å²) in [6.45, 7) is 6.14. The molecule has 1 N–H and O–H groups in total. The summed E-state index contributed by atoms with van der Waals surface area (Å²) < 4.78 is 27.9. The molecular formula is C15H20ClF2N3. The molecule has 0 atom stereocenters. The van der Waals surface area contributed by atoms with E-state index in [4.69, 9.17) is 0 Å². The van der Waals surface area contributed by atoms with E-state index in [2.05, 4.69) is 24.3 Å². The van der Waals surface area contributed by atoms with Crippen molar-refractivity contribution in [1.29, 1.82) is 0 Å². The zero-order chi connectivity index (χ0) is 14.5. The quantitative estimate of drug-likeness (QED) is 0.884. The maximum Gasteiger partial charge on any atom is 0.126 e. The molecule has 21 heavy (non-hydrogen) atoms. The molecule has 0 aliphatic rings. The van der Waals surface area contributed by atoms with Gasteiger partial charge in [0.2, 0.25) is 0 Å². The molecular weight excluding hydrogens is 296 g/mol. The van der Waals surface area contributed by atoms with Crippen LogP contribution in [0.4, 0.5) is 8.78 Å². The van der Waals surface area contributed by atoms with E-state index < -0.39 is 11.6 Å². The molecule has 0 fully saturated rings. The Morgan fingerprint density at radius 2 is 1.81 bits per heavy atom. The Kier molecular flexibility index (Phi) is 6.78. The van der Waals surface area contributed by atoms with Gasteiger partial charge in [-0.2, -0.15) is 5.10 Å². The summed E-state index contributed by atoms with van der Waals surface area (Å²) in [5, 5.41) is 7.55. The van der Waals surface area contributed by atoms with Crippen LogP contribution in [0.25, 0.3) is 0 Å². The van der Waals surface area contributed by atoms with Crippen LogP contribution >= 0.6 is 12.4 Å². The molecule has 3 nitrogen and oxygen atoms in total. The van der Waals surface area contributed by atoms with Crippen molar-refractivity contribution in [1.82, 2.24) is 15.1 Å². The molecule has 0 saturated heterocycles. The number of aromatic nitrogens is 2. The Morgan fingerprint density at radius 3 is 2.43 bits per heavy atom. The fourth-order valence-electron chi connectivity index (χ4n) is 2.02. The summed E-state index contributed by atoms with van der Waals surface area (Å²) in [6, 6.07) is 5.47. The van der Waals surface area contributed by atoms with E-state index in [9.17, 15) is 8.78 Å². The fraction of sp³-hybridized carbons (Fsp3) is 0.400. The van der Waals surface area contributed by atoms with Gasteiger partial charge < -0.3 is 5.32 Å². The molecule has 0 amide bonds. The highest BCUT2D eigenvalue weighted by atomic mass is 35.5. The molecule has 6 heteroatoms. The second kappa shape index (κ2) is 8.10. The Morgan fingerprint density at radius 1 is 1.14 bits per heavy atom. The van der Waals surface area contributed by atoms with Crippen molar-refractivity contribution >= 4 is 12.4 Å². The van der Waals surface area contributed by atoms with Gasteiger partial charge in [-0.25, -0.2) is 8.78 Å². The van der Waals surface area contributed by atoms with Gasteiger partial charge in [-0.1, -0.05) is 13.8 Å². The van der Waals surface area contributed by atoms with E-state index in [-0.39, 0.29) is 12.4 Å². The fourth-order valence-corrected chi connectivity index (χ4v) is 2.02. The lowest BCUT2D eigenvalue weighted by Gasteiger charge is -2.05. The van der Waals surface area contributed by atoms with Crippen molar-refractivity contribution in [2.45, 2.75) is 33.5 Å². The van der Waals surface area contributed by atoms with Crippen molar-refractivity contribution in [3.8, 4) is 0 Å². The molecule has 116 valence electrons. The van der Waals surface area contributed by atoms with Gasteiger partial charge in [0.15, 0.2) is 0 Å². The number of rotatable bonds is 6. The molecule has 2 aromatic rings. The van der Waals surface area contributed by atoms with Crippen LogP contribution in [0.2, 0.25) is 0 Å². The molecule has 0 bridgehead atoms. The van der Waals surface area contributed by atoms with Crippen molar-refractivity contribution in [3.05, 3.63) is 53.4 Å². The molecule has 0 aliphatic heterocycles. The molecule has 0 saturated carbocycles. The summed E-state index contributed by atoms with van der Waals surface area (Å²) in [5.74, 6) is -0.558. The average Bonchev–Trinajstić information content (AvgIpc) is 2.74. The van der Waals surface area contributed by atoms with Crippen LogP contribution < -0.4 is 5.32 Å². The Labute approximate surface area is 129 Å². The largest absolute Gasteiger partial charge is 0.307 e. The van der Waals surface area contributed by atoms with Gasteiger partial charge in [-0.05, 0) is 29.7 Å². The highest BCUT2D eigenvalue weighted by Crippen LogP contribution is 2.08. The minimum atomic E-state index is -0.553. The Hall–Kier alpha value is -1.46. The van der Waals surface area contributed by atoms with Gasteiger partial charge >= 0.3 is 0 Å². The molecule has 0 aliphatic carbocycles. The van der Waals surface area contributed by atoms with Gasteiger partial charge in [0.05, 0.1) is 5.69 Å². The predicted molar refractivity (Wildman–Crippen MR) is 81.2 cm³/mol. The van der Waals surface area contributed by atoms with Crippen LogP contribution in [-0.4, -0.2) is 9.78 Å². The zero-order valence-corrected chi connectivity index (χ0v) is 13.0. The second-order valence-corrected chi connectivity index (χ2v) is 5.30. The lowest BCUT2D eigenvalue weighted by molar-refractivity contribution is 0.477. The third-order valence-electron chi connectivity index (χ3n) is 2.81. The van der Waals surface area contributed by atoms with Crippen molar-refractivity contribution < 1.29 is 8.78 Å². The topological polar surface area (TPSA) is 29.9 Å². The predicted octanol–water partition coefficient (Wildman–Crippen LogP) is 3.53. The van der Waals surface area contributed by atoms with Crippen molar-refractivity contribution in [3.63, 3.8) is 0 Å². The normalized spacial score (nSPS) is 10.7. The SMILES string of the molecule is CC(C)Cn1ccc(CNCc2cc(F)cc(F)c2)n1.Cl. The van der Waals surface area contributed by atoms with Gasteiger partial charge in [-0.15, -0.1) is 12.4 Å². The molecule has 2 rings (SSSR count). The molecule has 1 aromatic carbocycles. The molecule has 1 aromatic heterocycles. The van der Waals surface area contributed by atoms with Crippen LogP contribution in [0.1, 0.15) is 25.1 Å². The van der Waals surface area contributed by atoms with Crippen LogP contribution in [0.3, 0.4) is 0 Å². The zero-order valence-electron chi connectivity index (χ0n) is 12.1. The van der Waals surface area contributed by atoms with Gasteiger partial charge in [0, 0.05) is 31.9 Å². The van der Waals surface area contributed by atoms with E-state index >= 15 is 0 Å². The first-order valence-corrected chi connectivity index (χ1v) is 6.71. The van der Waals surface area contributed by atoms with E-state index in [1.54, 1.807) is 0 Å². The van der Waals surface area contributed by atoms with Crippen LogP contribution in [0.15, 0.2) is 30.5 Å². The first-order chi connectivity index (χ1) is 9.52. The lowest BCUT2D eigenvalue weighted by atomic mass is 10.2. The summed E-state index contributed by atoms with van der Waals surface area (Å²) in [7, 11) is 0. The van der Waals surface area contributed by atoms with Gasteiger partial charge in [-0.3, -0.25) is 4.68 Å². The number of benzene rings is 1. The first kappa shape index (κ1) is 17.6. The highest BCUT2D eigenvalue weighted by molar-refractivity contribution is 5.85. The van der Waals surface area contributed by atoms with E-state index in [1.807, 2.05) is 16.9 Å². The number of hydrogen-bond donors (Lipinski definition) is 1. The maximum absolute atomic E-state index is 13.0. The van der Waals surface area contributed by atoms with Crippen LogP contribution in [0.5, 0.6) is 0 Å². The number of nitrogens with zero attached hydrogens (tertiary/aromatic N) is 2. The van der Waals surface area contributed by atoms with Crippen LogP contribution in [0, 0.1) is 17.6 Å². The van der Waals surface area contributed by atoms with Crippen LogP contribution in [-0.2, 0) is 19.6 Å². The maximum atomic E-state index is 13.0. The standard InChI is InChI=1S/C15H19F2N3.ClH/c1-11(2)10-20-4-3-15(19-20)9-18-8-12-5-13(16)7-14(17)6-12;/h3-7,11,18H,8-10H2,1-2H3;1H. The molecule has 0 radical (unpaired) electrons. The third kappa shape index (κ3) is 5.81. The molecule has 0 spiro atoms. The Balaban J connectivity index is 0.00000220. The number of halogens is 3. The second-order valence-electron chi connectivity index (χ2n) is 5.30. The molecule has 1 heterocycles. The van der Waals surface area contributed by atoms with Gasteiger partial charge in [0.25, 0.3) is 0 Å². The summed E-state index contributed by atoms with van der Waals surface area (Å²) in [4.78, 5) is 0. The monoisotopic (exact) mass is 315 g/mol. The van der Waals surface area contributed by atoms with E-state index in [0.717, 1.165) is 18.3 Å². The van der Waals surface area contributed by atoms with E-state index in [0.29, 0.717) is 24.6 Å². The third-order valence-corrected chi connectivity index (χ3v) is 2.81. The minimum absolute atomic E-state index is 0. The number of nitrogens with one attached hydrogen (secondary N) is 1. The average molecular weight is 316 g/mol. The summed E-state index contributed by atoms with van der Waals surface area (Å²) in [5.41, 5.74) is 1.51. The first-order valence-electron chi connectivity index (χ1n) is 6.71. The summed E-state index contributed by atoms with van der Waals surface area (Å²) >= 11 is 0. The summed E-state index contributed by atoms with van der Waals surface area (Å²) in [6.07, 6.45) is 1.94. The Bertz CT molecular complexity index is 550. The smallest absolute Gasteiger partial charge is 0.126 e. The minimum Gasteiger partial charge on any atom is -0.307 e. The van der Waals surface area contributed by atoms with Crippen molar-refractivity contribution in [2.24, 2.45) is 5.92 Å². The van der Waals surface area contributed by atoms with E-state index in [1.165, 1.54) is 12.1 Å². The van der Waals surface area contributed by atoms with Gasteiger partial charge in [0.1, 0.15) is 11.6 Å². The highest BCUT2D eigenvalue weighted by Gasteiger charge is 2.03. The lowest BCUT2D eigenvalue weighted by Crippen LogP contribution is -2.14. The number of hydrogen-bond acceptors (Lipinski definition) is 2. The molecule has 0 unspecified atom stereocenters.